The molecule has 4 heteroatoms. The summed E-state index contributed by atoms with van der Waals surface area (Å²) in [4.78, 5) is 8.30. The van der Waals surface area contributed by atoms with E-state index in [0.29, 0.717) is 0 Å². The molecule has 0 aliphatic carbocycles. The van der Waals surface area contributed by atoms with Gasteiger partial charge in [-0.05, 0) is 19.3 Å². The highest BCUT2D eigenvalue weighted by atomic mass is 35.5. The van der Waals surface area contributed by atoms with Gasteiger partial charge in [-0.2, -0.15) is 0 Å². The molecule has 0 aliphatic heterocycles. The predicted molar refractivity (Wildman–Crippen MR) is 94.7 cm³/mol. The second kappa shape index (κ2) is 7.30. The molecule has 1 aromatic carbocycles. The molecule has 0 fully saturated rings. The van der Waals surface area contributed by atoms with E-state index in [9.17, 15) is 5.11 Å². The molecule has 0 saturated heterocycles. The van der Waals surface area contributed by atoms with E-state index in [1.165, 1.54) is 5.56 Å². The molecule has 2 N–H and O–H groups in total. The molecular weight excluding hydrogens is 296 g/mol. The molecule has 2 aromatic rings. The Kier molecular flexibility index (Phi) is 6.21. The molecule has 0 spiro atoms. The van der Waals surface area contributed by atoms with Gasteiger partial charge < -0.3 is 10.1 Å². The standard InChI is InChI=1S/C18H26N2O.ClH/c1-12-6-8-14(9-7-12)17-19-15(10-13(2)11-21)16(20-17)18(3,4)5;/h6-9,13,21H,10-11H2,1-5H3,(H,19,20);1H. The van der Waals surface area contributed by atoms with Crippen molar-refractivity contribution in [2.45, 2.75) is 46.5 Å². The molecule has 0 aliphatic rings. The summed E-state index contributed by atoms with van der Waals surface area (Å²) in [5.41, 5.74) is 4.58. The fourth-order valence-corrected chi connectivity index (χ4v) is 2.44. The van der Waals surface area contributed by atoms with Gasteiger partial charge in [0.15, 0.2) is 0 Å². The monoisotopic (exact) mass is 322 g/mol. The minimum absolute atomic E-state index is 0. The smallest absolute Gasteiger partial charge is 0.137 e. The van der Waals surface area contributed by atoms with Gasteiger partial charge in [-0.15, -0.1) is 12.4 Å². The Morgan fingerprint density at radius 2 is 1.77 bits per heavy atom. The Labute approximate surface area is 139 Å². The van der Waals surface area contributed by atoms with Crippen molar-refractivity contribution in [3.8, 4) is 11.4 Å². The number of aromatic nitrogens is 2. The van der Waals surface area contributed by atoms with Crippen molar-refractivity contribution in [2.24, 2.45) is 5.92 Å². The summed E-state index contributed by atoms with van der Waals surface area (Å²) < 4.78 is 0. The Bertz CT molecular complexity index is 597. The Morgan fingerprint density at radius 1 is 1.18 bits per heavy atom. The van der Waals surface area contributed by atoms with Gasteiger partial charge >= 0.3 is 0 Å². The molecule has 0 saturated carbocycles. The van der Waals surface area contributed by atoms with Crippen LogP contribution in [0.4, 0.5) is 0 Å². The van der Waals surface area contributed by atoms with Crippen molar-refractivity contribution in [3.63, 3.8) is 0 Å². The number of aryl methyl sites for hydroxylation is 1. The van der Waals surface area contributed by atoms with Gasteiger partial charge in [0, 0.05) is 23.3 Å². The van der Waals surface area contributed by atoms with E-state index in [0.717, 1.165) is 29.2 Å². The molecule has 2 rings (SSSR count). The van der Waals surface area contributed by atoms with Gasteiger partial charge in [0.25, 0.3) is 0 Å². The van der Waals surface area contributed by atoms with Crippen LogP contribution in [0.3, 0.4) is 0 Å². The fourth-order valence-electron chi connectivity index (χ4n) is 2.44. The first kappa shape index (κ1) is 18.7. The van der Waals surface area contributed by atoms with Crippen molar-refractivity contribution in [3.05, 3.63) is 41.2 Å². The van der Waals surface area contributed by atoms with Crippen molar-refractivity contribution in [1.82, 2.24) is 9.97 Å². The van der Waals surface area contributed by atoms with E-state index >= 15 is 0 Å². The van der Waals surface area contributed by atoms with E-state index < -0.39 is 0 Å². The minimum atomic E-state index is -0.00996. The lowest BCUT2D eigenvalue weighted by Gasteiger charge is -2.18. The van der Waals surface area contributed by atoms with Crippen LogP contribution in [0.25, 0.3) is 11.4 Å². The number of aliphatic hydroxyl groups is 1. The first-order valence-corrected chi connectivity index (χ1v) is 7.58. The molecule has 1 heterocycles. The van der Waals surface area contributed by atoms with E-state index in [1.54, 1.807) is 0 Å². The molecule has 1 aromatic heterocycles. The van der Waals surface area contributed by atoms with E-state index in [-0.39, 0.29) is 30.3 Å². The van der Waals surface area contributed by atoms with Crippen molar-refractivity contribution in [1.29, 1.82) is 0 Å². The van der Waals surface area contributed by atoms with Crippen LogP contribution in [0.2, 0.25) is 0 Å². The lowest BCUT2D eigenvalue weighted by molar-refractivity contribution is 0.236. The van der Waals surface area contributed by atoms with Crippen LogP contribution in [0, 0.1) is 12.8 Å². The third kappa shape index (κ3) is 4.34. The Morgan fingerprint density at radius 3 is 2.27 bits per heavy atom. The van der Waals surface area contributed by atoms with Crippen molar-refractivity contribution < 1.29 is 5.11 Å². The minimum Gasteiger partial charge on any atom is -0.396 e. The maximum absolute atomic E-state index is 9.31. The van der Waals surface area contributed by atoms with Gasteiger partial charge in [0.05, 0.1) is 5.69 Å². The van der Waals surface area contributed by atoms with Crippen LogP contribution in [0.1, 0.15) is 44.6 Å². The average molecular weight is 323 g/mol. The zero-order valence-corrected chi connectivity index (χ0v) is 14.9. The molecule has 0 amide bonds. The number of rotatable bonds is 4. The summed E-state index contributed by atoms with van der Waals surface area (Å²) >= 11 is 0. The molecule has 1 unspecified atom stereocenters. The first-order valence-electron chi connectivity index (χ1n) is 7.58. The number of hydrogen-bond donors (Lipinski definition) is 2. The van der Waals surface area contributed by atoms with Gasteiger partial charge in [-0.3, -0.25) is 0 Å². The number of benzene rings is 1. The van der Waals surface area contributed by atoms with E-state index in [1.807, 2.05) is 0 Å². The first-order chi connectivity index (χ1) is 9.81. The number of nitrogens with zero attached hydrogens (tertiary/aromatic N) is 1. The van der Waals surface area contributed by atoms with Crippen LogP contribution in [0.15, 0.2) is 24.3 Å². The summed E-state index contributed by atoms with van der Waals surface area (Å²) in [5.74, 6) is 1.15. The van der Waals surface area contributed by atoms with Crippen LogP contribution < -0.4 is 0 Å². The topological polar surface area (TPSA) is 48.9 Å². The molecule has 0 radical (unpaired) electrons. The lowest BCUT2D eigenvalue weighted by atomic mass is 9.89. The molecule has 1 atom stereocenters. The predicted octanol–water partition coefficient (Wildman–Crippen LogP) is 4.28. The molecule has 22 heavy (non-hydrogen) atoms. The van der Waals surface area contributed by atoms with Gasteiger partial charge in [0.1, 0.15) is 5.82 Å². The number of imidazole rings is 1. The summed E-state index contributed by atoms with van der Waals surface area (Å²) in [6.45, 7) is 10.9. The molecular formula is C18H27ClN2O. The average Bonchev–Trinajstić information content (AvgIpc) is 2.83. The number of nitrogens with one attached hydrogen (secondary N) is 1. The van der Waals surface area contributed by atoms with Gasteiger partial charge in [0.2, 0.25) is 0 Å². The molecule has 3 nitrogen and oxygen atoms in total. The summed E-state index contributed by atoms with van der Waals surface area (Å²) in [6, 6.07) is 8.40. The molecule has 0 bridgehead atoms. The zero-order chi connectivity index (χ0) is 15.6. The third-order valence-electron chi connectivity index (χ3n) is 3.68. The Balaban J connectivity index is 0.00000242. The highest BCUT2D eigenvalue weighted by molar-refractivity contribution is 5.85. The van der Waals surface area contributed by atoms with Gasteiger partial charge in [-0.1, -0.05) is 57.5 Å². The summed E-state index contributed by atoms with van der Waals surface area (Å²) in [7, 11) is 0. The number of aromatic amines is 1. The highest BCUT2D eigenvalue weighted by Crippen LogP contribution is 2.29. The molecule has 122 valence electrons. The normalized spacial score (nSPS) is 12.8. The summed E-state index contributed by atoms with van der Waals surface area (Å²) in [6.07, 6.45) is 0.821. The highest BCUT2D eigenvalue weighted by Gasteiger charge is 2.24. The van der Waals surface area contributed by atoms with Crippen LogP contribution in [0.5, 0.6) is 0 Å². The van der Waals surface area contributed by atoms with Crippen LogP contribution in [-0.2, 0) is 11.8 Å². The number of hydrogen-bond acceptors (Lipinski definition) is 2. The van der Waals surface area contributed by atoms with Crippen molar-refractivity contribution in [2.75, 3.05) is 6.61 Å². The van der Waals surface area contributed by atoms with E-state index in [4.69, 9.17) is 4.98 Å². The second-order valence-corrected chi connectivity index (χ2v) is 7.02. The summed E-state index contributed by atoms with van der Waals surface area (Å²) in [5, 5.41) is 9.31. The van der Waals surface area contributed by atoms with Crippen LogP contribution in [-0.4, -0.2) is 21.7 Å². The third-order valence-corrected chi connectivity index (χ3v) is 3.68. The number of aliphatic hydroxyl groups excluding tert-OH is 1. The van der Waals surface area contributed by atoms with E-state index in [2.05, 4.69) is 63.9 Å². The SMILES string of the molecule is Cc1ccc(-c2nc(C(C)(C)C)c(CC(C)CO)[nH]2)cc1.Cl. The number of H-pyrrole nitrogens is 1. The second-order valence-electron chi connectivity index (χ2n) is 7.02. The fraction of sp³-hybridized carbons (Fsp3) is 0.500. The Hall–Kier alpha value is -1.32. The van der Waals surface area contributed by atoms with Crippen LogP contribution >= 0.6 is 12.4 Å². The largest absolute Gasteiger partial charge is 0.396 e. The zero-order valence-electron chi connectivity index (χ0n) is 14.1. The maximum atomic E-state index is 9.31. The maximum Gasteiger partial charge on any atom is 0.137 e. The van der Waals surface area contributed by atoms with Gasteiger partial charge in [-0.25, -0.2) is 4.98 Å². The van der Waals surface area contributed by atoms with Crippen molar-refractivity contribution >= 4 is 12.4 Å². The lowest BCUT2D eigenvalue weighted by Crippen LogP contribution is -2.16. The number of halogens is 1. The quantitative estimate of drug-likeness (QED) is 0.882.